The number of aliphatic hydroxyl groups excluding tert-OH is 2. The average molecular weight is 156 g/mol. The van der Waals surface area contributed by atoms with E-state index in [4.69, 9.17) is 14.8 Å². The molecule has 56 valence electrons. The minimum absolute atomic E-state index is 1.17. The SMILES string of the molecule is CC(O)C(O)OS(=O)O. The standard InChI is InChI=1S/C3H8O5S/c1-2(4)3(5)8-9(6)7/h2-5H,1H3,(H,6,7). The third-order valence-corrected chi connectivity index (χ3v) is 0.955. The van der Waals surface area contributed by atoms with Crippen molar-refractivity contribution in [1.29, 1.82) is 0 Å². The van der Waals surface area contributed by atoms with E-state index in [1.807, 2.05) is 0 Å². The molecule has 0 aromatic heterocycles. The molecule has 0 fully saturated rings. The van der Waals surface area contributed by atoms with Crippen LogP contribution < -0.4 is 0 Å². The zero-order valence-electron chi connectivity index (χ0n) is 4.72. The van der Waals surface area contributed by atoms with Crippen LogP contribution in [0.5, 0.6) is 0 Å². The molecule has 0 rings (SSSR count). The lowest BCUT2D eigenvalue weighted by Crippen LogP contribution is -2.26. The van der Waals surface area contributed by atoms with E-state index in [1.165, 1.54) is 6.92 Å². The summed E-state index contributed by atoms with van der Waals surface area (Å²) in [6.07, 6.45) is -2.77. The molecule has 3 atom stereocenters. The van der Waals surface area contributed by atoms with Crippen LogP contribution in [0.15, 0.2) is 0 Å². The van der Waals surface area contributed by atoms with Crippen molar-refractivity contribution in [1.82, 2.24) is 0 Å². The quantitative estimate of drug-likeness (QED) is 0.354. The summed E-state index contributed by atoms with van der Waals surface area (Å²) >= 11 is -2.53. The minimum Gasteiger partial charge on any atom is -0.388 e. The Hall–Kier alpha value is -0.0100. The molecular weight excluding hydrogens is 148 g/mol. The molecule has 6 heteroatoms. The second-order valence-corrected chi connectivity index (χ2v) is 2.07. The summed E-state index contributed by atoms with van der Waals surface area (Å²) in [6, 6.07) is 0. The average Bonchev–Trinajstić information content (AvgIpc) is 1.63. The second-order valence-electron chi connectivity index (χ2n) is 1.44. The smallest absolute Gasteiger partial charge is 0.304 e. The van der Waals surface area contributed by atoms with Crippen LogP contribution in [-0.2, 0) is 15.5 Å². The van der Waals surface area contributed by atoms with Crippen LogP contribution in [0.25, 0.3) is 0 Å². The molecule has 0 radical (unpaired) electrons. The Morgan fingerprint density at radius 1 is 1.56 bits per heavy atom. The van der Waals surface area contributed by atoms with E-state index < -0.39 is 23.8 Å². The molecule has 9 heavy (non-hydrogen) atoms. The van der Waals surface area contributed by atoms with Gasteiger partial charge in [-0.1, -0.05) is 0 Å². The minimum atomic E-state index is -2.53. The van der Waals surface area contributed by atoms with Crippen molar-refractivity contribution in [2.24, 2.45) is 0 Å². The summed E-state index contributed by atoms with van der Waals surface area (Å²) < 4.78 is 21.5. The summed E-state index contributed by atoms with van der Waals surface area (Å²) in [5, 5.41) is 16.9. The van der Waals surface area contributed by atoms with Gasteiger partial charge in [0.05, 0.1) is 0 Å². The topological polar surface area (TPSA) is 87.0 Å². The summed E-state index contributed by atoms with van der Waals surface area (Å²) in [5.74, 6) is 0. The summed E-state index contributed by atoms with van der Waals surface area (Å²) in [6.45, 7) is 1.23. The molecule has 0 aliphatic carbocycles. The van der Waals surface area contributed by atoms with E-state index >= 15 is 0 Å². The van der Waals surface area contributed by atoms with E-state index in [1.54, 1.807) is 0 Å². The Morgan fingerprint density at radius 2 is 2.00 bits per heavy atom. The lowest BCUT2D eigenvalue weighted by atomic mass is 10.4. The van der Waals surface area contributed by atoms with Gasteiger partial charge in [-0.2, -0.15) is 4.21 Å². The fourth-order valence-corrected chi connectivity index (χ4v) is 0.494. The largest absolute Gasteiger partial charge is 0.388 e. The molecule has 0 heterocycles. The summed E-state index contributed by atoms with van der Waals surface area (Å²) in [7, 11) is 0. The molecule has 0 bridgehead atoms. The van der Waals surface area contributed by atoms with E-state index in [-0.39, 0.29) is 0 Å². The zero-order chi connectivity index (χ0) is 7.44. The number of hydrogen-bond acceptors (Lipinski definition) is 4. The van der Waals surface area contributed by atoms with Crippen molar-refractivity contribution in [2.45, 2.75) is 19.3 Å². The van der Waals surface area contributed by atoms with Crippen LogP contribution in [0.1, 0.15) is 6.92 Å². The van der Waals surface area contributed by atoms with Crippen LogP contribution >= 0.6 is 0 Å². The van der Waals surface area contributed by atoms with Gasteiger partial charge in [-0.05, 0) is 6.92 Å². The van der Waals surface area contributed by atoms with Crippen molar-refractivity contribution in [3.8, 4) is 0 Å². The maximum absolute atomic E-state index is 9.73. The predicted molar refractivity (Wildman–Crippen MR) is 29.5 cm³/mol. The molecule has 3 N–H and O–H groups in total. The van der Waals surface area contributed by atoms with Crippen molar-refractivity contribution in [3.05, 3.63) is 0 Å². The van der Waals surface area contributed by atoms with Crippen molar-refractivity contribution < 1.29 is 23.2 Å². The van der Waals surface area contributed by atoms with Gasteiger partial charge in [-0.25, -0.2) is 4.18 Å². The van der Waals surface area contributed by atoms with E-state index in [9.17, 15) is 4.21 Å². The van der Waals surface area contributed by atoms with Gasteiger partial charge in [0.2, 0.25) is 0 Å². The Kier molecular flexibility index (Phi) is 3.91. The third-order valence-electron chi connectivity index (χ3n) is 0.594. The maximum Gasteiger partial charge on any atom is 0.304 e. The normalized spacial score (nSPS) is 20.9. The Morgan fingerprint density at radius 3 is 2.11 bits per heavy atom. The van der Waals surface area contributed by atoms with Gasteiger partial charge in [-0.15, -0.1) is 0 Å². The predicted octanol–water partition coefficient (Wildman–Crippen LogP) is -1.16. The van der Waals surface area contributed by atoms with Crippen LogP contribution in [0, 0.1) is 0 Å². The second kappa shape index (κ2) is 3.91. The first-order valence-electron chi connectivity index (χ1n) is 2.18. The molecule has 0 saturated heterocycles. The van der Waals surface area contributed by atoms with Gasteiger partial charge >= 0.3 is 11.4 Å². The van der Waals surface area contributed by atoms with Crippen molar-refractivity contribution in [3.63, 3.8) is 0 Å². The lowest BCUT2D eigenvalue weighted by Gasteiger charge is -2.09. The molecule has 0 aliphatic rings. The Bertz CT molecular complexity index is 102. The Balaban J connectivity index is 3.50. The fraction of sp³-hybridized carbons (Fsp3) is 1.00. The first-order chi connectivity index (χ1) is 4.04. The Labute approximate surface area is 54.8 Å². The van der Waals surface area contributed by atoms with E-state index in [0.29, 0.717) is 0 Å². The molecule has 0 aliphatic heterocycles. The summed E-state index contributed by atoms with van der Waals surface area (Å²) in [5.41, 5.74) is 0. The van der Waals surface area contributed by atoms with Crippen LogP contribution in [0.4, 0.5) is 0 Å². The maximum atomic E-state index is 9.73. The lowest BCUT2D eigenvalue weighted by molar-refractivity contribution is -0.0928. The molecule has 0 aromatic rings. The highest BCUT2D eigenvalue weighted by atomic mass is 32.2. The van der Waals surface area contributed by atoms with Crippen LogP contribution in [0.2, 0.25) is 0 Å². The highest BCUT2D eigenvalue weighted by Crippen LogP contribution is 1.94. The number of hydrogen-bond donors (Lipinski definition) is 3. The van der Waals surface area contributed by atoms with Crippen LogP contribution in [-0.4, -0.2) is 31.4 Å². The molecule has 5 nitrogen and oxygen atoms in total. The van der Waals surface area contributed by atoms with Crippen LogP contribution in [0.3, 0.4) is 0 Å². The van der Waals surface area contributed by atoms with Gasteiger partial charge in [0.15, 0.2) is 6.29 Å². The molecule has 0 aromatic carbocycles. The highest BCUT2D eigenvalue weighted by Gasteiger charge is 2.13. The molecule has 0 spiro atoms. The molecule has 0 amide bonds. The first kappa shape index (κ1) is 8.99. The molecule has 0 saturated carbocycles. The van der Waals surface area contributed by atoms with Crippen molar-refractivity contribution >= 4 is 11.4 Å². The molecular formula is C3H8O5S. The summed E-state index contributed by atoms with van der Waals surface area (Å²) in [4.78, 5) is 0. The van der Waals surface area contributed by atoms with Crippen molar-refractivity contribution in [2.75, 3.05) is 0 Å². The first-order valence-corrected chi connectivity index (χ1v) is 3.21. The van der Waals surface area contributed by atoms with Gasteiger partial charge < -0.3 is 10.2 Å². The third kappa shape index (κ3) is 4.49. The highest BCUT2D eigenvalue weighted by molar-refractivity contribution is 7.74. The fourth-order valence-electron chi connectivity index (χ4n) is 0.165. The van der Waals surface area contributed by atoms with Gasteiger partial charge in [-0.3, -0.25) is 4.55 Å². The zero-order valence-corrected chi connectivity index (χ0v) is 5.54. The molecule has 3 unspecified atom stereocenters. The van der Waals surface area contributed by atoms with Gasteiger partial charge in [0.1, 0.15) is 6.10 Å². The van der Waals surface area contributed by atoms with E-state index in [0.717, 1.165) is 0 Å². The number of aliphatic hydroxyl groups is 2. The van der Waals surface area contributed by atoms with E-state index in [2.05, 4.69) is 4.18 Å². The monoisotopic (exact) mass is 156 g/mol. The van der Waals surface area contributed by atoms with Gasteiger partial charge in [0.25, 0.3) is 0 Å². The number of rotatable bonds is 3. The van der Waals surface area contributed by atoms with Gasteiger partial charge in [0, 0.05) is 0 Å².